The largest absolute Gasteiger partial charge is 0.495 e. The van der Waals surface area contributed by atoms with E-state index in [0.29, 0.717) is 11.4 Å². The second kappa shape index (κ2) is 7.61. The molecule has 22 heavy (non-hydrogen) atoms. The lowest BCUT2D eigenvalue weighted by Crippen LogP contribution is -2.39. The molecule has 0 heterocycles. The molecule has 0 radical (unpaired) electrons. The number of carbonyl (C=O) groups excluding carboxylic acids is 1. The molecule has 4 heteroatoms. The number of para-hydroxylation sites is 2. The van der Waals surface area contributed by atoms with Crippen LogP contribution in [0, 0.1) is 0 Å². The van der Waals surface area contributed by atoms with E-state index >= 15 is 0 Å². The van der Waals surface area contributed by atoms with Gasteiger partial charge in [0.05, 0.1) is 18.8 Å². The molecule has 2 N–H and O–H groups in total. The van der Waals surface area contributed by atoms with Gasteiger partial charge >= 0.3 is 0 Å². The fourth-order valence-corrected chi connectivity index (χ4v) is 2.28. The molecule has 2 aromatic carbocycles. The molecule has 0 aliphatic heterocycles. The van der Waals surface area contributed by atoms with Crippen molar-refractivity contribution >= 4 is 11.6 Å². The highest BCUT2D eigenvalue weighted by molar-refractivity contribution is 5.95. The summed E-state index contributed by atoms with van der Waals surface area (Å²) in [5, 5.41) is 6.19. The van der Waals surface area contributed by atoms with E-state index in [0.717, 1.165) is 5.56 Å². The smallest absolute Gasteiger partial charge is 0.241 e. The molecule has 0 aliphatic carbocycles. The fraction of sp³-hybridized carbons (Fsp3) is 0.278. The maximum atomic E-state index is 12.3. The molecule has 0 saturated heterocycles. The molecule has 0 aromatic heterocycles. The number of hydrogen-bond donors (Lipinski definition) is 2. The van der Waals surface area contributed by atoms with Crippen molar-refractivity contribution < 1.29 is 9.53 Å². The predicted molar refractivity (Wildman–Crippen MR) is 89.1 cm³/mol. The first-order valence-electron chi connectivity index (χ1n) is 7.36. The van der Waals surface area contributed by atoms with Crippen LogP contribution in [0.4, 0.5) is 5.69 Å². The van der Waals surface area contributed by atoms with Crippen molar-refractivity contribution in [2.45, 2.75) is 25.9 Å². The molecule has 2 atom stereocenters. The molecule has 2 aromatic rings. The topological polar surface area (TPSA) is 50.4 Å². The monoisotopic (exact) mass is 298 g/mol. The highest BCUT2D eigenvalue weighted by Crippen LogP contribution is 2.23. The Hall–Kier alpha value is -2.33. The summed E-state index contributed by atoms with van der Waals surface area (Å²) in [4.78, 5) is 12.3. The van der Waals surface area contributed by atoms with Crippen molar-refractivity contribution in [3.05, 3.63) is 60.2 Å². The SMILES string of the molecule is COc1ccccc1NC(=O)[C@H](C)N[C@@H](C)c1ccccc1. The van der Waals surface area contributed by atoms with Gasteiger partial charge in [0.1, 0.15) is 5.75 Å². The zero-order chi connectivity index (χ0) is 15.9. The maximum Gasteiger partial charge on any atom is 0.241 e. The number of amides is 1. The van der Waals surface area contributed by atoms with Crippen molar-refractivity contribution in [2.24, 2.45) is 0 Å². The summed E-state index contributed by atoms with van der Waals surface area (Å²) in [5.41, 5.74) is 1.83. The highest BCUT2D eigenvalue weighted by Gasteiger charge is 2.17. The molecule has 0 unspecified atom stereocenters. The Labute approximate surface area is 131 Å². The highest BCUT2D eigenvalue weighted by atomic mass is 16.5. The number of nitrogens with one attached hydrogen (secondary N) is 2. The van der Waals surface area contributed by atoms with Crippen LogP contribution in [0.25, 0.3) is 0 Å². The molecule has 0 aliphatic rings. The number of benzene rings is 2. The van der Waals surface area contributed by atoms with E-state index in [2.05, 4.69) is 10.6 Å². The third kappa shape index (κ3) is 4.09. The second-order valence-corrected chi connectivity index (χ2v) is 5.21. The summed E-state index contributed by atoms with van der Waals surface area (Å²) in [5.74, 6) is 0.562. The molecule has 0 bridgehead atoms. The molecule has 1 amide bonds. The Morgan fingerprint density at radius 2 is 1.64 bits per heavy atom. The maximum absolute atomic E-state index is 12.3. The third-order valence-corrected chi connectivity index (χ3v) is 3.56. The van der Waals surface area contributed by atoms with Crippen LogP contribution in [0.5, 0.6) is 5.75 Å². The molecule has 2 rings (SSSR count). The molecule has 0 saturated carbocycles. The molecule has 4 nitrogen and oxygen atoms in total. The van der Waals surface area contributed by atoms with Gasteiger partial charge in [0.25, 0.3) is 0 Å². The van der Waals surface area contributed by atoms with Crippen molar-refractivity contribution in [1.29, 1.82) is 0 Å². The van der Waals surface area contributed by atoms with Crippen LogP contribution in [0.3, 0.4) is 0 Å². The average molecular weight is 298 g/mol. The number of methoxy groups -OCH3 is 1. The average Bonchev–Trinajstić information content (AvgIpc) is 2.56. The Balaban J connectivity index is 1.97. The predicted octanol–water partition coefficient (Wildman–Crippen LogP) is 3.37. The van der Waals surface area contributed by atoms with Gasteiger partial charge in [0.2, 0.25) is 5.91 Å². The van der Waals surface area contributed by atoms with E-state index in [9.17, 15) is 4.79 Å². The van der Waals surface area contributed by atoms with Gasteiger partial charge < -0.3 is 10.1 Å². The molecule has 0 fully saturated rings. The zero-order valence-electron chi connectivity index (χ0n) is 13.2. The normalized spacial score (nSPS) is 13.2. The lowest BCUT2D eigenvalue weighted by molar-refractivity contribution is -0.117. The second-order valence-electron chi connectivity index (χ2n) is 5.21. The van der Waals surface area contributed by atoms with Crippen LogP contribution < -0.4 is 15.4 Å². The molecule has 116 valence electrons. The number of carbonyl (C=O) groups is 1. The quantitative estimate of drug-likeness (QED) is 0.859. The first-order valence-corrected chi connectivity index (χ1v) is 7.36. The van der Waals surface area contributed by atoms with Gasteiger partial charge in [0.15, 0.2) is 0 Å². The fourth-order valence-electron chi connectivity index (χ4n) is 2.28. The summed E-state index contributed by atoms with van der Waals surface area (Å²) in [6.07, 6.45) is 0. The first kappa shape index (κ1) is 16.0. The van der Waals surface area contributed by atoms with Crippen LogP contribution in [-0.4, -0.2) is 19.1 Å². The third-order valence-electron chi connectivity index (χ3n) is 3.56. The first-order chi connectivity index (χ1) is 10.6. The Morgan fingerprint density at radius 3 is 2.32 bits per heavy atom. The minimum absolute atomic E-state index is 0.0905. The van der Waals surface area contributed by atoms with Crippen LogP contribution in [-0.2, 0) is 4.79 Å². The minimum Gasteiger partial charge on any atom is -0.495 e. The number of rotatable bonds is 6. The Morgan fingerprint density at radius 1 is 1.00 bits per heavy atom. The van der Waals surface area contributed by atoms with Crippen LogP contribution in [0.1, 0.15) is 25.5 Å². The lowest BCUT2D eigenvalue weighted by atomic mass is 10.1. The van der Waals surface area contributed by atoms with Crippen LogP contribution in [0.2, 0.25) is 0 Å². The Kier molecular flexibility index (Phi) is 5.55. The van der Waals surface area contributed by atoms with Gasteiger partial charge in [-0.05, 0) is 31.5 Å². The molecular weight excluding hydrogens is 276 g/mol. The van der Waals surface area contributed by atoms with Crippen LogP contribution >= 0.6 is 0 Å². The zero-order valence-corrected chi connectivity index (χ0v) is 13.2. The lowest BCUT2D eigenvalue weighted by Gasteiger charge is -2.20. The standard InChI is InChI=1S/C18H22N2O2/c1-13(15-9-5-4-6-10-15)19-14(2)18(21)20-16-11-7-8-12-17(16)22-3/h4-14,19H,1-3H3,(H,20,21)/t13-,14-/m0/s1. The van der Waals surface area contributed by atoms with E-state index in [1.807, 2.05) is 68.4 Å². The van der Waals surface area contributed by atoms with Crippen molar-refractivity contribution in [3.8, 4) is 5.75 Å². The molecular formula is C18H22N2O2. The Bertz CT molecular complexity index is 613. The van der Waals surface area contributed by atoms with E-state index in [1.165, 1.54) is 0 Å². The van der Waals surface area contributed by atoms with Gasteiger partial charge in [-0.25, -0.2) is 0 Å². The van der Waals surface area contributed by atoms with Gasteiger partial charge in [-0.15, -0.1) is 0 Å². The summed E-state index contributed by atoms with van der Waals surface area (Å²) >= 11 is 0. The number of anilines is 1. The van der Waals surface area contributed by atoms with Crippen molar-refractivity contribution in [3.63, 3.8) is 0 Å². The van der Waals surface area contributed by atoms with E-state index in [-0.39, 0.29) is 18.0 Å². The summed E-state index contributed by atoms with van der Waals surface area (Å²) in [6, 6.07) is 17.2. The van der Waals surface area contributed by atoms with Gasteiger partial charge in [-0.1, -0.05) is 42.5 Å². The van der Waals surface area contributed by atoms with Crippen molar-refractivity contribution in [1.82, 2.24) is 5.32 Å². The minimum atomic E-state index is -0.319. The molecule has 0 spiro atoms. The van der Waals surface area contributed by atoms with Gasteiger partial charge in [0, 0.05) is 6.04 Å². The number of hydrogen-bond acceptors (Lipinski definition) is 3. The van der Waals surface area contributed by atoms with Gasteiger partial charge in [-0.2, -0.15) is 0 Å². The van der Waals surface area contributed by atoms with E-state index < -0.39 is 0 Å². The van der Waals surface area contributed by atoms with Crippen molar-refractivity contribution in [2.75, 3.05) is 12.4 Å². The summed E-state index contributed by atoms with van der Waals surface area (Å²) in [6.45, 7) is 3.90. The van der Waals surface area contributed by atoms with Crippen LogP contribution in [0.15, 0.2) is 54.6 Å². The van der Waals surface area contributed by atoms with E-state index in [1.54, 1.807) is 7.11 Å². The van der Waals surface area contributed by atoms with Gasteiger partial charge in [-0.3, -0.25) is 10.1 Å². The number of ether oxygens (including phenoxy) is 1. The van der Waals surface area contributed by atoms with E-state index in [4.69, 9.17) is 4.74 Å². The summed E-state index contributed by atoms with van der Waals surface area (Å²) in [7, 11) is 1.59. The summed E-state index contributed by atoms with van der Waals surface area (Å²) < 4.78 is 5.24.